The summed E-state index contributed by atoms with van der Waals surface area (Å²) in [6.07, 6.45) is 2.04. The number of carbonyl (C=O) groups excluding carboxylic acids is 2. The van der Waals surface area contributed by atoms with Crippen molar-refractivity contribution in [1.29, 1.82) is 5.26 Å². The van der Waals surface area contributed by atoms with Crippen LogP contribution in [0.15, 0.2) is 65.2 Å². The van der Waals surface area contributed by atoms with Gasteiger partial charge in [-0.15, -0.1) is 11.3 Å². The molecule has 0 aliphatic rings. The number of aromatic nitrogens is 3. The molecule has 2 N–H and O–H groups in total. The lowest BCUT2D eigenvalue weighted by Crippen LogP contribution is -2.26. The number of hydrogen-bond acceptors (Lipinski definition) is 8. The first kappa shape index (κ1) is 27.8. The summed E-state index contributed by atoms with van der Waals surface area (Å²) in [6.45, 7) is 5.61. The van der Waals surface area contributed by atoms with E-state index in [-0.39, 0.29) is 11.8 Å². The van der Waals surface area contributed by atoms with Crippen LogP contribution in [-0.2, 0) is 6.54 Å². The second kappa shape index (κ2) is 11.0. The van der Waals surface area contributed by atoms with Crippen LogP contribution >= 0.6 is 11.3 Å². The molecule has 0 saturated heterocycles. The van der Waals surface area contributed by atoms with Crippen LogP contribution in [0.4, 0.5) is 11.6 Å². The van der Waals surface area contributed by atoms with E-state index in [1.54, 1.807) is 76.5 Å². The van der Waals surface area contributed by atoms with Gasteiger partial charge in [0.25, 0.3) is 11.8 Å². The molecule has 0 radical (unpaired) electrons. The maximum absolute atomic E-state index is 13.2. The van der Waals surface area contributed by atoms with Crippen LogP contribution in [0.3, 0.4) is 0 Å². The minimum atomic E-state index is -0.930. The Labute approximate surface area is 240 Å². The quantitative estimate of drug-likeness (QED) is 0.248. The number of amides is 2. The fraction of sp³-hybridized carbons (Fsp3) is 0.233. The van der Waals surface area contributed by atoms with Crippen molar-refractivity contribution < 1.29 is 19.1 Å². The number of nitrogens with one attached hydrogen (secondary N) is 1. The Morgan fingerprint density at radius 3 is 2.71 bits per heavy atom. The molecule has 5 rings (SSSR count). The second-order valence-electron chi connectivity index (χ2n) is 10.2. The number of imidazole rings is 1. The zero-order valence-corrected chi connectivity index (χ0v) is 23.8. The number of hydrogen-bond donors (Lipinski definition) is 2. The molecule has 0 spiro atoms. The zero-order valence-electron chi connectivity index (χ0n) is 23.0. The van der Waals surface area contributed by atoms with E-state index in [9.17, 15) is 20.0 Å². The smallest absolute Gasteiger partial charge is 0.268 e. The number of nitriles is 1. The second-order valence-corrected chi connectivity index (χ2v) is 11.3. The van der Waals surface area contributed by atoms with Gasteiger partial charge in [0.05, 0.1) is 44.2 Å². The lowest BCUT2D eigenvalue weighted by Gasteiger charge is -2.19. The molecule has 0 aliphatic heterocycles. The fourth-order valence-corrected chi connectivity index (χ4v) is 5.15. The predicted molar refractivity (Wildman–Crippen MR) is 157 cm³/mol. The molecule has 11 heteroatoms. The summed E-state index contributed by atoms with van der Waals surface area (Å²) < 4.78 is 7.42. The summed E-state index contributed by atoms with van der Waals surface area (Å²) in [6, 6.07) is 17.5. The average Bonchev–Trinajstić information content (AvgIpc) is 3.68. The Hall–Kier alpha value is -4.79. The van der Waals surface area contributed by atoms with Crippen LogP contribution in [0.25, 0.3) is 21.7 Å². The highest BCUT2D eigenvalue weighted by molar-refractivity contribution is 7.17. The number of benzene rings is 2. The van der Waals surface area contributed by atoms with Crippen molar-refractivity contribution in [3.63, 3.8) is 0 Å². The molecule has 0 aliphatic carbocycles. The minimum Gasteiger partial charge on any atom is -0.440 e. The Morgan fingerprint density at radius 2 is 2.00 bits per heavy atom. The van der Waals surface area contributed by atoms with Crippen molar-refractivity contribution in [3.8, 4) is 16.7 Å². The van der Waals surface area contributed by atoms with Gasteiger partial charge in [0.2, 0.25) is 5.95 Å². The predicted octanol–water partition coefficient (Wildman–Crippen LogP) is 5.62. The third kappa shape index (κ3) is 6.04. The Bertz CT molecular complexity index is 1800. The van der Waals surface area contributed by atoms with E-state index in [0.717, 1.165) is 10.4 Å². The van der Waals surface area contributed by atoms with E-state index < -0.39 is 5.60 Å². The fourth-order valence-electron chi connectivity index (χ4n) is 4.30. The lowest BCUT2D eigenvalue weighted by molar-refractivity contribution is 0.0667. The van der Waals surface area contributed by atoms with E-state index in [2.05, 4.69) is 16.4 Å². The molecule has 0 saturated carbocycles. The van der Waals surface area contributed by atoms with E-state index >= 15 is 0 Å². The van der Waals surface area contributed by atoms with Gasteiger partial charge in [0.15, 0.2) is 11.7 Å². The molecule has 0 fully saturated rings. The topological polar surface area (TPSA) is 137 Å². The van der Waals surface area contributed by atoms with Crippen molar-refractivity contribution in [2.75, 3.05) is 17.3 Å². The molecule has 3 heterocycles. The number of anilines is 2. The molecule has 0 atom stereocenters. The summed E-state index contributed by atoms with van der Waals surface area (Å²) in [5.74, 6) is 0.860. The van der Waals surface area contributed by atoms with E-state index in [1.165, 1.54) is 16.2 Å². The number of aryl methyl sites for hydroxylation is 2. The average molecular weight is 569 g/mol. The van der Waals surface area contributed by atoms with Crippen LogP contribution in [-0.4, -0.2) is 44.1 Å². The number of rotatable bonds is 8. The number of nitrogens with zero attached hydrogens (tertiary/aromatic N) is 5. The Kier molecular flexibility index (Phi) is 7.45. The van der Waals surface area contributed by atoms with Gasteiger partial charge in [-0.05, 0) is 68.8 Å². The maximum Gasteiger partial charge on any atom is 0.268 e. The molecule has 0 bridgehead atoms. The first-order valence-electron chi connectivity index (χ1n) is 12.9. The van der Waals surface area contributed by atoms with Crippen molar-refractivity contribution in [2.45, 2.75) is 39.3 Å². The third-order valence-electron chi connectivity index (χ3n) is 6.53. The molecule has 41 heavy (non-hydrogen) atoms. The van der Waals surface area contributed by atoms with E-state index in [1.807, 2.05) is 16.7 Å². The van der Waals surface area contributed by atoms with Crippen molar-refractivity contribution in [2.24, 2.45) is 0 Å². The molecule has 5 aromatic rings. The van der Waals surface area contributed by atoms with Crippen LogP contribution in [0.5, 0.6) is 0 Å². The summed E-state index contributed by atoms with van der Waals surface area (Å²) in [7, 11) is 1.65. The monoisotopic (exact) mass is 568 g/mol. The van der Waals surface area contributed by atoms with Gasteiger partial charge in [0, 0.05) is 31.8 Å². The molecule has 2 amide bonds. The van der Waals surface area contributed by atoms with Crippen LogP contribution in [0, 0.1) is 18.3 Å². The molecule has 3 aromatic heterocycles. The highest BCUT2D eigenvalue weighted by Gasteiger charge is 2.21. The van der Waals surface area contributed by atoms with Crippen LogP contribution < -0.4 is 10.2 Å². The van der Waals surface area contributed by atoms with Gasteiger partial charge in [0.1, 0.15) is 0 Å². The van der Waals surface area contributed by atoms with Gasteiger partial charge < -0.3 is 19.0 Å². The van der Waals surface area contributed by atoms with Gasteiger partial charge in [-0.3, -0.25) is 14.9 Å². The first-order valence-corrected chi connectivity index (χ1v) is 13.7. The van der Waals surface area contributed by atoms with Crippen LogP contribution in [0.2, 0.25) is 0 Å². The van der Waals surface area contributed by atoms with E-state index in [4.69, 9.17) is 9.40 Å². The normalized spacial score (nSPS) is 11.4. The minimum absolute atomic E-state index is 0.271. The Balaban J connectivity index is 1.45. The van der Waals surface area contributed by atoms with Gasteiger partial charge >= 0.3 is 0 Å². The molecule has 208 valence electrons. The van der Waals surface area contributed by atoms with Crippen LogP contribution in [0.1, 0.15) is 51.8 Å². The summed E-state index contributed by atoms with van der Waals surface area (Å²) in [5.41, 5.74) is 1.78. The molecular formula is C30H28N6O4S. The summed E-state index contributed by atoms with van der Waals surface area (Å²) in [4.78, 5) is 37.9. The highest BCUT2D eigenvalue weighted by Crippen LogP contribution is 2.31. The van der Waals surface area contributed by atoms with Gasteiger partial charge in [-0.2, -0.15) is 5.26 Å². The molecule has 2 aromatic carbocycles. The lowest BCUT2D eigenvalue weighted by atomic mass is 10.1. The number of fused-ring (bicyclic) bond motifs is 1. The zero-order chi connectivity index (χ0) is 29.3. The largest absolute Gasteiger partial charge is 0.440 e. The first-order chi connectivity index (χ1) is 19.5. The molecule has 0 unspecified atom stereocenters. The van der Waals surface area contributed by atoms with Crippen molar-refractivity contribution in [1.82, 2.24) is 14.5 Å². The summed E-state index contributed by atoms with van der Waals surface area (Å²) in [5, 5.41) is 22.5. The van der Waals surface area contributed by atoms with Gasteiger partial charge in [-0.1, -0.05) is 6.07 Å². The molecular weight excluding hydrogens is 540 g/mol. The van der Waals surface area contributed by atoms with Crippen molar-refractivity contribution in [3.05, 3.63) is 82.7 Å². The number of oxazole rings is 1. The maximum atomic E-state index is 13.2. The van der Waals surface area contributed by atoms with Gasteiger partial charge in [-0.25, -0.2) is 9.97 Å². The number of aliphatic hydroxyl groups is 1. The standard InChI is InChI=1S/C30H28N6O4S/c1-18-32-17-24(40-18)25-10-11-26(41-25)27(37)34-29-33-22-15-21(8-9-23(22)36(29)13-12-30(2,3)39)35(4)28(38)20-7-5-6-19(14-20)16-31/h5-11,14-15,17,39H,12-13H2,1-4H3,(H,33,34,37). The van der Waals surface area contributed by atoms with E-state index in [0.29, 0.717) is 57.8 Å². The molecule has 10 nitrogen and oxygen atoms in total. The third-order valence-corrected chi connectivity index (χ3v) is 7.63. The highest BCUT2D eigenvalue weighted by atomic mass is 32.1. The Morgan fingerprint density at radius 1 is 1.20 bits per heavy atom. The summed E-state index contributed by atoms with van der Waals surface area (Å²) >= 11 is 1.28. The number of carbonyl (C=O) groups is 2. The SMILES string of the molecule is Cc1ncc(-c2ccc(C(=O)Nc3nc4cc(N(C)C(=O)c5cccc(C#N)c5)ccc4n3CCC(C)(C)O)s2)o1. The number of thiophene rings is 1. The van der Waals surface area contributed by atoms with Crippen molar-refractivity contribution >= 4 is 45.8 Å².